The minimum absolute atomic E-state index is 0.0673. The first-order valence-corrected chi connectivity index (χ1v) is 7.04. The fourth-order valence-electron chi connectivity index (χ4n) is 2.18. The van der Waals surface area contributed by atoms with Gasteiger partial charge >= 0.3 is 11.7 Å². The Labute approximate surface area is 132 Å². The van der Waals surface area contributed by atoms with Gasteiger partial charge in [0.25, 0.3) is 0 Å². The summed E-state index contributed by atoms with van der Waals surface area (Å²) >= 11 is 0. The largest absolute Gasteiger partial charge is 0.459 e. The molecule has 23 heavy (non-hydrogen) atoms. The molecule has 2 heterocycles. The molecule has 0 radical (unpaired) electrons. The van der Waals surface area contributed by atoms with Crippen LogP contribution in [0.5, 0.6) is 0 Å². The highest BCUT2D eigenvalue weighted by Gasteiger charge is 2.23. The molecule has 7 nitrogen and oxygen atoms in total. The van der Waals surface area contributed by atoms with Crippen molar-refractivity contribution in [1.82, 2.24) is 9.55 Å². The Kier molecular flexibility index (Phi) is 4.20. The number of carbonyl (C=O) groups is 1. The molecule has 118 valence electrons. The monoisotopic (exact) mass is 313 g/mol. The third kappa shape index (κ3) is 3.46. The number of anilines is 1. The van der Waals surface area contributed by atoms with E-state index in [4.69, 9.17) is 15.2 Å². The first kappa shape index (κ1) is 15.0. The van der Waals surface area contributed by atoms with Crippen LogP contribution in [0.25, 0.3) is 0 Å². The van der Waals surface area contributed by atoms with Crippen LogP contribution in [-0.2, 0) is 9.47 Å². The molecule has 1 aliphatic rings. The van der Waals surface area contributed by atoms with E-state index in [0.29, 0.717) is 5.56 Å². The van der Waals surface area contributed by atoms with Crippen LogP contribution >= 0.6 is 0 Å². The van der Waals surface area contributed by atoms with Crippen LogP contribution in [0.15, 0.2) is 59.5 Å². The number of hydrogen-bond acceptors (Lipinski definition) is 6. The molecule has 0 unspecified atom stereocenters. The summed E-state index contributed by atoms with van der Waals surface area (Å²) < 4.78 is 12.2. The van der Waals surface area contributed by atoms with Crippen LogP contribution < -0.4 is 11.4 Å². The average molecular weight is 313 g/mol. The highest BCUT2D eigenvalue weighted by molar-refractivity contribution is 5.89. The van der Waals surface area contributed by atoms with Crippen molar-refractivity contribution in [3.8, 4) is 0 Å². The predicted molar refractivity (Wildman–Crippen MR) is 82.7 cm³/mol. The molecule has 0 spiro atoms. The number of benzene rings is 1. The van der Waals surface area contributed by atoms with Gasteiger partial charge < -0.3 is 15.2 Å². The molecule has 0 saturated carbocycles. The van der Waals surface area contributed by atoms with Crippen LogP contribution in [0, 0.1) is 0 Å². The molecule has 0 saturated heterocycles. The zero-order valence-corrected chi connectivity index (χ0v) is 12.2. The van der Waals surface area contributed by atoms with E-state index in [1.807, 2.05) is 6.07 Å². The number of esters is 1. The van der Waals surface area contributed by atoms with Crippen molar-refractivity contribution in [3.05, 3.63) is 70.8 Å². The molecule has 0 amide bonds. The van der Waals surface area contributed by atoms with Crippen molar-refractivity contribution in [2.75, 3.05) is 12.3 Å². The second-order valence-electron chi connectivity index (χ2n) is 4.96. The second kappa shape index (κ2) is 6.45. The van der Waals surface area contributed by atoms with E-state index >= 15 is 0 Å². The summed E-state index contributed by atoms with van der Waals surface area (Å²) in [6.45, 7) is 0.0673. The van der Waals surface area contributed by atoms with E-state index in [1.165, 1.54) is 16.8 Å². The van der Waals surface area contributed by atoms with Gasteiger partial charge in [-0.15, -0.1) is 0 Å². The summed E-state index contributed by atoms with van der Waals surface area (Å²) in [5.41, 5.74) is 5.43. The van der Waals surface area contributed by atoms with E-state index < -0.39 is 24.0 Å². The maximum atomic E-state index is 11.9. The molecule has 0 aliphatic carbocycles. The van der Waals surface area contributed by atoms with E-state index in [0.717, 1.165) is 0 Å². The SMILES string of the molecule is Nc1ccn([C@H]2C=C[C@@H](COC(=O)c3ccccc3)O2)c(=O)n1. The summed E-state index contributed by atoms with van der Waals surface area (Å²) in [4.78, 5) is 27.3. The normalized spacial score (nSPS) is 19.7. The third-order valence-electron chi connectivity index (χ3n) is 3.32. The zero-order chi connectivity index (χ0) is 16.2. The smallest absolute Gasteiger partial charge is 0.351 e. The number of rotatable bonds is 4. The number of aromatic nitrogens is 2. The predicted octanol–water partition coefficient (Wildman–Crippen LogP) is 1.14. The quantitative estimate of drug-likeness (QED) is 0.671. The van der Waals surface area contributed by atoms with E-state index in [2.05, 4.69) is 4.98 Å². The second-order valence-corrected chi connectivity index (χ2v) is 4.96. The average Bonchev–Trinajstić information content (AvgIpc) is 3.02. The van der Waals surface area contributed by atoms with Crippen molar-refractivity contribution in [3.63, 3.8) is 0 Å². The summed E-state index contributed by atoms with van der Waals surface area (Å²) in [6, 6.07) is 10.2. The van der Waals surface area contributed by atoms with Crippen LogP contribution in [0.3, 0.4) is 0 Å². The van der Waals surface area contributed by atoms with Crippen molar-refractivity contribution < 1.29 is 14.3 Å². The fourth-order valence-corrected chi connectivity index (χ4v) is 2.18. The summed E-state index contributed by atoms with van der Waals surface area (Å²) in [5, 5.41) is 0. The lowest BCUT2D eigenvalue weighted by molar-refractivity contribution is -0.0222. The third-order valence-corrected chi connectivity index (χ3v) is 3.32. The Morgan fingerprint density at radius 1 is 1.26 bits per heavy atom. The van der Waals surface area contributed by atoms with Gasteiger partial charge in [0, 0.05) is 6.20 Å². The molecule has 1 aromatic heterocycles. The molecule has 3 rings (SSSR count). The Hall–Kier alpha value is -2.93. The van der Waals surface area contributed by atoms with Gasteiger partial charge in [0.1, 0.15) is 18.5 Å². The van der Waals surface area contributed by atoms with Crippen molar-refractivity contribution in [1.29, 1.82) is 0 Å². The maximum absolute atomic E-state index is 11.9. The van der Waals surface area contributed by atoms with Gasteiger partial charge in [-0.05, 0) is 24.3 Å². The molecular formula is C16H15N3O4. The zero-order valence-electron chi connectivity index (χ0n) is 12.2. The molecule has 1 aromatic carbocycles. The van der Waals surface area contributed by atoms with Gasteiger partial charge in [0.05, 0.1) is 5.56 Å². The topological polar surface area (TPSA) is 96.4 Å². The maximum Gasteiger partial charge on any atom is 0.351 e. The van der Waals surface area contributed by atoms with Gasteiger partial charge in [0.2, 0.25) is 0 Å². The van der Waals surface area contributed by atoms with Crippen LogP contribution in [0.1, 0.15) is 16.6 Å². The standard InChI is InChI=1S/C16H15N3O4/c17-13-8-9-19(16(21)18-13)14-7-6-12(23-14)10-22-15(20)11-4-2-1-3-5-11/h1-9,12,14H,10H2,(H2,17,18,21)/t12-,14+/m0/s1. The molecule has 0 bridgehead atoms. The number of nitrogen functional groups attached to an aromatic ring is 1. The Morgan fingerprint density at radius 2 is 2.04 bits per heavy atom. The van der Waals surface area contributed by atoms with Crippen LogP contribution in [0.2, 0.25) is 0 Å². The van der Waals surface area contributed by atoms with Gasteiger partial charge in [-0.3, -0.25) is 4.57 Å². The minimum atomic E-state index is -0.587. The first-order chi connectivity index (χ1) is 11.1. The molecule has 0 fully saturated rings. The van der Waals surface area contributed by atoms with Crippen molar-refractivity contribution in [2.24, 2.45) is 0 Å². The van der Waals surface area contributed by atoms with E-state index in [-0.39, 0.29) is 12.4 Å². The lowest BCUT2D eigenvalue weighted by Gasteiger charge is -2.16. The fraction of sp³-hybridized carbons (Fsp3) is 0.188. The molecule has 2 atom stereocenters. The lowest BCUT2D eigenvalue weighted by atomic mass is 10.2. The molecular weight excluding hydrogens is 298 g/mol. The Balaban J connectivity index is 1.57. The molecule has 2 N–H and O–H groups in total. The van der Waals surface area contributed by atoms with Crippen molar-refractivity contribution in [2.45, 2.75) is 12.3 Å². The lowest BCUT2D eigenvalue weighted by Crippen LogP contribution is -2.28. The van der Waals surface area contributed by atoms with Gasteiger partial charge in [-0.2, -0.15) is 4.98 Å². The summed E-state index contributed by atoms with van der Waals surface area (Å²) in [7, 11) is 0. The summed E-state index contributed by atoms with van der Waals surface area (Å²) in [5.74, 6) is -0.265. The van der Waals surface area contributed by atoms with Crippen LogP contribution in [-0.4, -0.2) is 28.2 Å². The number of hydrogen-bond donors (Lipinski definition) is 1. The summed E-state index contributed by atoms with van der Waals surface area (Å²) in [6.07, 6.45) is 3.96. The van der Waals surface area contributed by atoms with Gasteiger partial charge in [-0.25, -0.2) is 9.59 Å². The first-order valence-electron chi connectivity index (χ1n) is 7.04. The highest BCUT2D eigenvalue weighted by atomic mass is 16.6. The number of carbonyl (C=O) groups excluding carboxylic acids is 1. The molecule has 2 aromatic rings. The number of ether oxygens (including phenoxy) is 2. The number of nitrogens with zero attached hydrogens (tertiary/aromatic N) is 2. The minimum Gasteiger partial charge on any atom is -0.459 e. The highest BCUT2D eigenvalue weighted by Crippen LogP contribution is 2.20. The van der Waals surface area contributed by atoms with Crippen LogP contribution in [0.4, 0.5) is 5.82 Å². The van der Waals surface area contributed by atoms with Gasteiger partial charge in [0.15, 0.2) is 6.23 Å². The Morgan fingerprint density at radius 3 is 2.78 bits per heavy atom. The molecule has 7 heteroatoms. The van der Waals surface area contributed by atoms with Gasteiger partial charge in [-0.1, -0.05) is 24.3 Å². The van der Waals surface area contributed by atoms with Crippen molar-refractivity contribution >= 4 is 11.8 Å². The Bertz CT molecular complexity index is 785. The van der Waals surface area contributed by atoms with E-state index in [9.17, 15) is 9.59 Å². The molecule has 1 aliphatic heterocycles. The van der Waals surface area contributed by atoms with E-state index in [1.54, 1.807) is 36.4 Å². The number of nitrogens with two attached hydrogens (primary N) is 1.